The minimum atomic E-state index is -1.46. The number of nitrogens with zero attached hydrogens (tertiary/aromatic N) is 1. The van der Waals surface area contributed by atoms with Gasteiger partial charge in [-0.3, -0.25) is 39.5 Å². The number of hydrogen-bond donors (Lipinski definition) is 4. The van der Waals surface area contributed by atoms with E-state index in [1.165, 1.54) is 0 Å². The molecule has 3 aliphatic heterocycles. The van der Waals surface area contributed by atoms with Crippen LogP contribution in [-0.2, 0) is 14.4 Å². The smallest absolute Gasteiger partial charge is 0.325 e. The maximum atomic E-state index is 15.3. The van der Waals surface area contributed by atoms with Gasteiger partial charge in [-0.25, -0.2) is 4.39 Å². The molecule has 4 amide bonds. The van der Waals surface area contributed by atoms with Crippen LogP contribution in [0.4, 0.5) is 4.39 Å². The standard InChI is InChI=1S/C19H19FN4O6/c20-10-7-9-13(18(28)23-17(9)27)12(8-1-2-11(25)22-16(8)26)14(10)15(19(29)30)24-5-3-21-4-6-24/h7-8,15,21H,1-6H2,(H,29,30)(H,22,25,26)(H,23,27,28). The molecule has 4 N–H and O–H groups in total. The lowest BCUT2D eigenvalue weighted by Crippen LogP contribution is -2.48. The SMILES string of the molecule is O=C1CCC(c2c3c(cc(F)c2C(C(=O)O)N2CCNCC2)C(=O)NC3=O)C(=O)N1. The number of rotatable bonds is 4. The zero-order chi connectivity index (χ0) is 21.6. The van der Waals surface area contributed by atoms with Gasteiger partial charge in [0.05, 0.1) is 17.0 Å². The highest BCUT2D eigenvalue weighted by Crippen LogP contribution is 2.40. The Labute approximate surface area is 169 Å². The number of imide groups is 2. The minimum Gasteiger partial charge on any atom is -0.480 e. The molecule has 0 bridgehead atoms. The molecule has 2 saturated heterocycles. The number of benzene rings is 1. The number of carboxylic acids is 1. The van der Waals surface area contributed by atoms with Gasteiger partial charge in [-0.05, 0) is 18.1 Å². The van der Waals surface area contributed by atoms with Crippen LogP contribution in [0, 0.1) is 5.82 Å². The van der Waals surface area contributed by atoms with Gasteiger partial charge in [0.15, 0.2) is 0 Å². The van der Waals surface area contributed by atoms with Gasteiger partial charge in [0.2, 0.25) is 11.8 Å². The van der Waals surface area contributed by atoms with Crippen LogP contribution in [0.1, 0.15) is 56.6 Å². The molecule has 3 heterocycles. The first-order valence-corrected chi connectivity index (χ1v) is 9.52. The Morgan fingerprint density at radius 3 is 2.47 bits per heavy atom. The van der Waals surface area contributed by atoms with Crippen molar-refractivity contribution in [2.45, 2.75) is 24.8 Å². The summed E-state index contributed by atoms with van der Waals surface area (Å²) in [4.78, 5) is 62.6. The molecule has 0 aromatic heterocycles. The monoisotopic (exact) mass is 418 g/mol. The largest absolute Gasteiger partial charge is 0.480 e. The van der Waals surface area contributed by atoms with Gasteiger partial charge < -0.3 is 10.4 Å². The first-order valence-electron chi connectivity index (χ1n) is 9.52. The van der Waals surface area contributed by atoms with Gasteiger partial charge in [0.1, 0.15) is 11.9 Å². The van der Waals surface area contributed by atoms with Gasteiger partial charge in [-0.15, -0.1) is 0 Å². The van der Waals surface area contributed by atoms with E-state index in [1.807, 2.05) is 0 Å². The number of halogens is 1. The highest BCUT2D eigenvalue weighted by atomic mass is 19.1. The molecule has 1 aromatic rings. The number of nitrogens with one attached hydrogen (secondary N) is 3. The Hall–Kier alpha value is -3.18. The number of carbonyl (C=O) groups excluding carboxylic acids is 4. The summed E-state index contributed by atoms with van der Waals surface area (Å²) in [7, 11) is 0. The summed E-state index contributed by atoms with van der Waals surface area (Å²) in [6.07, 6.45) is -0.0784. The highest BCUT2D eigenvalue weighted by molar-refractivity contribution is 6.23. The van der Waals surface area contributed by atoms with Gasteiger partial charge >= 0.3 is 5.97 Å². The van der Waals surface area contributed by atoms with Crippen LogP contribution in [0.5, 0.6) is 0 Å². The lowest BCUT2D eigenvalue weighted by molar-refractivity contribution is -0.144. The van der Waals surface area contributed by atoms with Crippen LogP contribution in [0.2, 0.25) is 0 Å². The summed E-state index contributed by atoms with van der Waals surface area (Å²) in [5.74, 6) is -6.36. The van der Waals surface area contributed by atoms with Gasteiger partial charge in [0, 0.05) is 38.2 Å². The number of carboxylic acid groups (broad SMARTS) is 1. The van der Waals surface area contributed by atoms with E-state index in [1.54, 1.807) is 4.90 Å². The van der Waals surface area contributed by atoms with Crippen molar-refractivity contribution in [3.05, 3.63) is 34.1 Å². The third kappa shape index (κ3) is 3.25. The second-order valence-electron chi connectivity index (χ2n) is 7.42. The number of amides is 4. The summed E-state index contributed by atoms with van der Waals surface area (Å²) in [5.41, 5.74) is -0.899. The molecular weight excluding hydrogens is 399 g/mol. The van der Waals surface area contributed by atoms with E-state index in [4.69, 9.17) is 0 Å². The van der Waals surface area contributed by atoms with E-state index in [9.17, 15) is 29.1 Å². The van der Waals surface area contributed by atoms with E-state index in [0.717, 1.165) is 6.07 Å². The molecular formula is C19H19FN4O6. The van der Waals surface area contributed by atoms with E-state index >= 15 is 4.39 Å². The lowest BCUT2D eigenvalue weighted by atomic mass is 9.80. The quantitative estimate of drug-likeness (QED) is 0.468. The molecule has 158 valence electrons. The zero-order valence-corrected chi connectivity index (χ0v) is 15.8. The third-order valence-electron chi connectivity index (χ3n) is 5.67. The number of carbonyl (C=O) groups is 5. The molecule has 2 fully saturated rings. The molecule has 11 heteroatoms. The topological polar surface area (TPSA) is 145 Å². The average molecular weight is 418 g/mol. The molecule has 1 aromatic carbocycles. The van der Waals surface area contributed by atoms with Crippen molar-refractivity contribution in [2.75, 3.05) is 26.2 Å². The fourth-order valence-electron chi connectivity index (χ4n) is 4.35. The summed E-state index contributed by atoms with van der Waals surface area (Å²) >= 11 is 0. The molecule has 0 saturated carbocycles. The van der Waals surface area contributed by atoms with Crippen LogP contribution < -0.4 is 16.0 Å². The Bertz CT molecular complexity index is 988. The van der Waals surface area contributed by atoms with Gasteiger partial charge in [-0.2, -0.15) is 0 Å². The molecule has 4 rings (SSSR count). The second-order valence-corrected chi connectivity index (χ2v) is 7.42. The Morgan fingerprint density at radius 1 is 1.13 bits per heavy atom. The van der Waals surface area contributed by atoms with Crippen molar-refractivity contribution in [1.29, 1.82) is 0 Å². The van der Waals surface area contributed by atoms with Crippen molar-refractivity contribution >= 4 is 29.6 Å². The third-order valence-corrected chi connectivity index (χ3v) is 5.67. The average Bonchev–Trinajstić information content (AvgIpc) is 2.97. The second kappa shape index (κ2) is 7.58. The van der Waals surface area contributed by atoms with Crippen LogP contribution in [0.15, 0.2) is 6.07 Å². The van der Waals surface area contributed by atoms with Crippen molar-refractivity contribution in [3.8, 4) is 0 Å². The number of aliphatic carboxylic acids is 1. The Kier molecular flexibility index (Phi) is 5.08. The van der Waals surface area contributed by atoms with Crippen LogP contribution in [-0.4, -0.2) is 65.8 Å². The predicted octanol–water partition coefficient (Wildman–Crippen LogP) is -0.740. The van der Waals surface area contributed by atoms with E-state index in [2.05, 4.69) is 16.0 Å². The van der Waals surface area contributed by atoms with Crippen molar-refractivity contribution in [2.24, 2.45) is 0 Å². The molecule has 2 unspecified atom stereocenters. The maximum absolute atomic E-state index is 15.3. The first kappa shape index (κ1) is 20.1. The lowest BCUT2D eigenvalue weighted by Gasteiger charge is -2.35. The van der Waals surface area contributed by atoms with Gasteiger partial charge in [-0.1, -0.05) is 0 Å². The molecule has 0 spiro atoms. The van der Waals surface area contributed by atoms with E-state index in [0.29, 0.717) is 26.2 Å². The number of fused-ring (bicyclic) bond motifs is 1. The van der Waals surface area contributed by atoms with Crippen LogP contribution in [0.3, 0.4) is 0 Å². The summed E-state index contributed by atoms with van der Waals surface area (Å²) in [5, 5.41) is 17.3. The molecule has 2 atom stereocenters. The van der Waals surface area contributed by atoms with Crippen LogP contribution in [0.25, 0.3) is 0 Å². The Morgan fingerprint density at radius 2 is 1.83 bits per heavy atom. The molecule has 0 radical (unpaired) electrons. The molecule has 3 aliphatic rings. The fourth-order valence-corrected chi connectivity index (χ4v) is 4.35. The first-order chi connectivity index (χ1) is 14.3. The number of hydrogen-bond acceptors (Lipinski definition) is 7. The maximum Gasteiger partial charge on any atom is 0.325 e. The number of piperidine rings is 1. The molecule has 30 heavy (non-hydrogen) atoms. The molecule has 0 aliphatic carbocycles. The fraction of sp³-hybridized carbons (Fsp3) is 0.421. The summed E-state index contributed by atoms with van der Waals surface area (Å²) < 4.78 is 15.3. The van der Waals surface area contributed by atoms with E-state index in [-0.39, 0.29) is 35.1 Å². The molecule has 10 nitrogen and oxygen atoms in total. The minimum absolute atomic E-state index is 0.0249. The Balaban J connectivity index is 1.95. The van der Waals surface area contributed by atoms with Crippen molar-refractivity contribution in [3.63, 3.8) is 0 Å². The zero-order valence-electron chi connectivity index (χ0n) is 15.8. The normalized spacial score (nSPS) is 23.0. The van der Waals surface area contributed by atoms with E-state index < -0.39 is 47.4 Å². The summed E-state index contributed by atoms with van der Waals surface area (Å²) in [6.45, 7) is 1.60. The van der Waals surface area contributed by atoms with Crippen LogP contribution >= 0.6 is 0 Å². The number of piperazine rings is 1. The van der Waals surface area contributed by atoms with Crippen molar-refractivity contribution < 1.29 is 33.5 Å². The van der Waals surface area contributed by atoms with Gasteiger partial charge in [0.25, 0.3) is 11.8 Å². The highest BCUT2D eigenvalue weighted by Gasteiger charge is 2.43. The van der Waals surface area contributed by atoms with Crippen molar-refractivity contribution in [1.82, 2.24) is 20.9 Å². The summed E-state index contributed by atoms with van der Waals surface area (Å²) in [6, 6.07) is -0.611. The predicted molar refractivity (Wildman–Crippen MR) is 98.1 cm³/mol.